The molecular weight excluding hydrogens is 458 g/mol. The fourth-order valence-corrected chi connectivity index (χ4v) is 5.42. The minimum Gasteiger partial charge on any atom is -0.462 e. The Kier molecular flexibility index (Phi) is 6.94. The lowest BCUT2D eigenvalue weighted by atomic mass is 9.95. The maximum absolute atomic E-state index is 12.6. The molecule has 1 N–H and O–H groups in total. The summed E-state index contributed by atoms with van der Waals surface area (Å²) in [6.45, 7) is 2.06. The summed E-state index contributed by atoms with van der Waals surface area (Å²) in [6.07, 6.45) is 3.88. The molecule has 31 heavy (non-hydrogen) atoms. The van der Waals surface area contributed by atoms with Gasteiger partial charge in [-0.3, -0.25) is 4.79 Å². The first-order valence-electron chi connectivity index (χ1n) is 9.89. The van der Waals surface area contributed by atoms with Gasteiger partial charge in [0.15, 0.2) is 0 Å². The number of hydrogen-bond donors (Lipinski definition) is 1. The number of halogens is 1. The van der Waals surface area contributed by atoms with Crippen molar-refractivity contribution in [1.29, 1.82) is 0 Å². The molecule has 162 valence electrons. The Bertz CT molecular complexity index is 1110. The third-order valence-electron chi connectivity index (χ3n) is 4.71. The molecule has 2 aromatic heterocycles. The van der Waals surface area contributed by atoms with E-state index >= 15 is 0 Å². The second kappa shape index (κ2) is 9.84. The zero-order chi connectivity index (χ0) is 21.8. The molecule has 2 heterocycles. The number of hydrogen-bond acceptors (Lipinski definition) is 8. The van der Waals surface area contributed by atoms with Crippen LogP contribution in [0.25, 0.3) is 11.5 Å². The van der Waals surface area contributed by atoms with Crippen molar-refractivity contribution in [2.45, 2.75) is 37.8 Å². The number of nitrogens with one attached hydrogen (secondary N) is 1. The molecular formula is C21H20ClN3O4S2. The quantitative estimate of drug-likeness (QED) is 0.367. The van der Waals surface area contributed by atoms with Gasteiger partial charge in [-0.15, -0.1) is 21.5 Å². The molecule has 1 aliphatic rings. The summed E-state index contributed by atoms with van der Waals surface area (Å²) in [6, 6.07) is 7.10. The van der Waals surface area contributed by atoms with Crippen LogP contribution in [0.4, 0.5) is 5.00 Å². The average Bonchev–Trinajstić information content (AvgIpc) is 3.37. The SMILES string of the molecule is CCOC(=O)c1c(NC(=O)CSc2nnc(-c3cccc(Cl)c3)o2)sc2c1CCCC2. The number of amides is 1. The molecule has 0 radical (unpaired) electrons. The fourth-order valence-electron chi connectivity index (χ4n) is 3.37. The summed E-state index contributed by atoms with van der Waals surface area (Å²) in [5.41, 5.74) is 2.22. The highest BCUT2D eigenvalue weighted by Crippen LogP contribution is 2.38. The molecule has 0 bridgehead atoms. The largest absolute Gasteiger partial charge is 0.462 e. The highest BCUT2D eigenvalue weighted by Gasteiger charge is 2.27. The van der Waals surface area contributed by atoms with Gasteiger partial charge in [-0.05, 0) is 56.4 Å². The fraction of sp³-hybridized carbons (Fsp3) is 0.333. The Hall–Kier alpha value is -2.36. The van der Waals surface area contributed by atoms with Crippen LogP contribution >= 0.6 is 34.7 Å². The van der Waals surface area contributed by atoms with Crippen molar-refractivity contribution in [3.63, 3.8) is 0 Å². The number of esters is 1. The number of aromatic nitrogens is 2. The van der Waals surface area contributed by atoms with Crippen LogP contribution in [-0.2, 0) is 22.4 Å². The minimum atomic E-state index is -0.382. The van der Waals surface area contributed by atoms with Crippen molar-refractivity contribution in [2.24, 2.45) is 0 Å². The molecule has 4 rings (SSSR count). The molecule has 0 aliphatic heterocycles. The molecule has 0 saturated carbocycles. The van der Waals surface area contributed by atoms with Gasteiger partial charge in [-0.2, -0.15) is 0 Å². The van der Waals surface area contributed by atoms with Gasteiger partial charge in [-0.25, -0.2) is 4.79 Å². The summed E-state index contributed by atoms with van der Waals surface area (Å²) in [5.74, 6) is -0.229. The van der Waals surface area contributed by atoms with Crippen LogP contribution in [0.15, 0.2) is 33.9 Å². The van der Waals surface area contributed by atoms with Gasteiger partial charge in [0.1, 0.15) is 5.00 Å². The number of thioether (sulfide) groups is 1. The Morgan fingerprint density at radius 3 is 2.94 bits per heavy atom. The van der Waals surface area contributed by atoms with E-state index in [2.05, 4.69) is 15.5 Å². The first kappa shape index (κ1) is 21.9. The number of aryl methyl sites for hydroxylation is 1. The molecule has 0 saturated heterocycles. The highest BCUT2D eigenvalue weighted by molar-refractivity contribution is 7.99. The molecule has 10 heteroatoms. The number of carbonyl (C=O) groups excluding carboxylic acids is 2. The maximum atomic E-state index is 12.6. The molecule has 3 aromatic rings. The molecule has 0 spiro atoms. The van der Waals surface area contributed by atoms with Gasteiger partial charge in [0.2, 0.25) is 11.8 Å². The van der Waals surface area contributed by atoms with Crippen LogP contribution < -0.4 is 5.32 Å². The van der Waals surface area contributed by atoms with Crippen LogP contribution in [0, 0.1) is 0 Å². The van der Waals surface area contributed by atoms with Crippen molar-refractivity contribution < 1.29 is 18.7 Å². The van der Waals surface area contributed by atoms with Gasteiger partial charge in [-0.1, -0.05) is 29.4 Å². The number of thiophene rings is 1. The molecule has 7 nitrogen and oxygen atoms in total. The van der Waals surface area contributed by atoms with Crippen molar-refractivity contribution in [1.82, 2.24) is 10.2 Å². The van der Waals surface area contributed by atoms with Crippen molar-refractivity contribution in [2.75, 3.05) is 17.7 Å². The minimum absolute atomic E-state index is 0.0714. The van der Waals surface area contributed by atoms with E-state index in [1.807, 2.05) is 6.07 Å². The van der Waals surface area contributed by atoms with Crippen LogP contribution in [0.5, 0.6) is 0 Å². The topological polar surface area (TPSA) is 94.3 Å². The van der Waals surface area contributed by atoms with E-state index < -0.39 is 0 Å². The van der Waals surface area contributed by atoms with E-state index in [0.29, 0.717) is 33.6 Å². The van der Waals surface area contributed by atoms with Crippen molar-refractivity contribution >= 4 is 51.6 Å². The molecule has 0 atom stereocenters. The standard InChI is InChI=1S/C21H20ClN3O4S2/c1-2-28-20(27)17-14-8-3-4-9-15(14)31-19(17)23-16(26)11-30-21-25-24-18(29-21)12-6-5-7-13(22)10-12/h5-7,10H,2-4,8-9,11H2,1H3,(H,23,26). The average molecular weight is 478 g/mol. The normalized spacial score (nSPS) is 13.0. The van der Waals surface area contributed by atoms with E-state index in [0.717, 1.165) is 47.9 Å². The Labute approximate surface area is 192 Å². The molecule has 1 aromatic carbocycles. The van der Waals surface area contributed by atoms with Gasteiger partial charge < -0.3 is 14.5 Å². The lowest BCUT2D eigenvalue weighted by Gasteiger charge is -2.12. The number of ether oxygens (including phenoxy) is 1. The Morgan fingerprint density at radius 1 is 1.29 bits per heavy atom. The van der Waals surface area contributed by atoms with E-state index in [-0.39, 0.29) is 22.9 Å². The third kappa shape index (κ3) is 5.11. The summed E-state index contributed by atoms with van der Waals surface area (Å²) in [5, 5.41) is 12.3. The van der Waals surface area contributed by atoms with Crippen LogP contribution in [-0.4, -0.2) is 34.4 Å². The summed E-state index contributed by atoms with van der Waals surface area (Å²) < 4.78 is 10.8. The van der Waals surface area contributed by atoms with Crippen molar-refractivity contribution in [3.8, 4) is 11.5 Å². The maximum Gasteiger partial charge on any atom is 0.341 e. The second-order valence-corrected chi connectivity index (χ2v) is 9.32. The summed E-state index contributed by atoms with van der Waals surface area (Å²) in [7, 11) is 0. The van der Waals surface area contributed by atoms with Crippen LogP contribution in [0.1, 0.15) is 40.6 Å². The monoisotopic (exact) mass is 477 g/mol. The first-order chi connectivity index (χ1) is 15.0. The second-order valence-electron chi connectivity index (χ2n) is 6.86. The number of fused-ring (bicyclic) bond motifs is 1. The smallest absolute Gasteiger partial charge is 0.341 e. The Balaban J connectivity index is 1.43. The molecule has 1 amide bonds. The predicted molar refractivity (Wildman–Crippen MR) is 121 cm³/mol. The van der Waals surface area contributed by atoms with E-state index in [4.69, 9.17) is 20.8 Å². The number of carbonyl (C=O) groups is 2. The lowest BCUT2D eigenvalue weighted by molar-refractivity contribution is -0.113. The first-order valence-corrected chi connectivity index (χ1v) is 12.1. The van der Waals surface area contributed by atoms with Gasteiger partial charge in [0.25, 0.3) is 5.22 Å². The van der Waals surface area contributed by atoms with E-state index in [1.54, 1.807) is 25.1 Å². The predicted octanol–water partition coefficient (Wildman–Crippen LogP) is 5.24. The number of benzene rings is 1. The summed E-state index contributed by atoms with van der Waals surface area (Å²) in [4.78, 5) is 26.2. The third-order valence-corrected chi connectivity index (χ3v) is 6.97. The Morgan fingerprint density at radius 2 is 2.13 bits per heavy atom. The zero-order valence-corrected chi connectivity index (χ0v) is 19.2. The highest BCUT2D eigenvalue weighted by atomic mass is 35.5. The molecule has 0 unspecified atom stereocenters. The lowest BCUT2D eigenvalue weighted by Crippen LogP contribution is -2.17. The molecule has 0 fully saturated rings. The number of anilines is 1. The molecule has 1 aliphatic carbocycles. The van der Waals surface area contributed by atoms with Gasteiger partial charge in [0, 0.05) is 15.5 Å². The van der Waals surface area contributed by atoms with Crippen LogP contribution in [0.3, 0.4) is 0 Å². The van der Waals surface area contributed by atoms with Crippen LogP contribution in [0.2, 0.25) is 5.02 Å². The van der Waals surface area contributed by atoms with Gasteiger partial charge in [0.05, 0.1) is 17.9 Å². The number of rotatable bonds is 7. The van der Waals surface area contributed by atoms with E-state index in [1.165, 1.54) is 11.3 Å². The van der Waals surface area contributed by atoms with Gasteiger partial charge >= 0.3 is 5.97 Å². The summed E-state index contributed by atoms with van der Waals surface area (Å²) >= 11 is 8.59. The van der Waals surface area contributed by atoms with Crippen molar-refractivity contribution in [3.05, 3.63) is 45.3 Å². The number of nitrogens with zero attached hydrogens (tertiary/aromatic N) is 2. The van der Waals surface area contributed by atoms with E-state index in [9.17, 15) is 9.59 Å². The zero-order valence-electron chi connectivity index (χ0n) is 16.8.